The number of nitrogens with two attached hydrogens (primary N) is 2. The van der Waals surface area contributed by atoms with Gasteiger partial charge in [0.1, 0.15) is 5.41 Å². The Hall–Kier alpha value is -3.50. The lowest BCUT2D eigenvalue weighted by molar-refractivity contribution is -0.385. The summed E-state index contributed by atoms with van der Waals surface area (Å²) in [5.74, 6) is -1.24. The minimum absolute atomic E-state index is 0.0815. The van der Waals surface area contributed by atoms with E-state index in [4.69, 9.17) is 11.5 Å². The molecule has 156 valence electrons. The van der Waals surface area contributed by atoms with Crippen LogP contribution in [0.15, 0.2) is 48.5 Å². The van der Waals surface area contributed by atoms with Crippen LogP contribution in [0.4, 0.5) is 11.4 Å². The maximum absolute atomic E-state index is 13.5. The Bertz CT molecular complexity index is 945. The second-order valence-corrected chi connectivity index (χ2v) is 7.42. The maximum atomic E-state index is 13.5. The predicted octanol–water partition coefficient (Wildman–Crippen LogP) is 2.74. The molecule has 30 heavy (non-hydrogen) atoms. The van der Waals surface area contributed by atoms with Gasteiger partial charge in [-0.3, -0.25) is 29.8 Å². The van der Waals surface area contributed by atoms with E-state index in [1.54, 1.807) is 0 Å². The van der Waals surface area contributed by atoms with E-state index in [0.29, 0.717) is 12.8 Å². The third kappa shape index (κ3) is 3.46. The third-order valence-corrected chi connectivity index (χ3v) is 5.64. The first-order valence-electron chi connectivity index (χ1n) is 9.26. The van der Waals surface area contributed by atoms with Crippen LogP contribution in [0.2, 0.25) is 0 Å². The molecule has 2 aromatic carbocycles. The molecule has 0 heterocycles. The number of non-ortho nitro benzene ring substituents is 2. The maximum Gasteiger partial charge on any atom is 0.269 e. The molecule has 2 aromatic rings. The van der Waals surface area contributed by atoms with E-state index in [9.17, 15) is 29.8 Å². The van der Waals surface area contributed by atoms with Gasteiger partial charge < -0.3 is 11.5 Å². The molecular weight excluding hydrogens is 392 g/mol. The first-order valence-corrected chi connectivity index (χ1v) is 9.26. The summed E-state index contributed by atoms with van der Waals surface area (Å²) >= 11 is 0. The van der Waals surface area contributed by atoms with E-state index in [2.05, 4.69) is 0 Å². The quantitative estimate of drug-likeness (QED) is 0.239. The zero-order valence-electron chi connectivity index (χ0n) is 15.9. The summed E-state index contributed by atoms with van der Waals surface area (Å²) in [6.45, 7) is 0. The molecule has 0 atom stereocenters. The summed E-state index contributed by atoms with van der Waals surface area (Å²) in [7, 11) is 0. The molecule has 4 N–H and O–H groups in total. The van der Waals surface area contributed by atoms with Gasteiger partial charge in [-0.2, -0.15) is 0 Å². The van der Waals surface area contributed by atoms with Crippen LogP contribution in [0.5, 0.6) is 0 Å². The number of carbonyl (C=O) groups excluding carboxylic acids is 2. The Morgan fingerprint density at radius 1 is 0.733 bits per heavy atom. The van der Waals surface area contributed by atoms with Gasteiger partial charge >= 0.3 is 0 Å². The van der Waals surface area contributed by atoms with Crippen LogP contribution in [0.25, 0.3) is 0 Å². The smallest absolute Gasteiger partial charge is 0.269 e. The summed E-state index contributed by atoms with van der Waals surface area (Å²) < 4.78 is 0. The number of ketones is 2. The standard InChI is InChI=1S/C20H20N4O6/c21-20(22)12-2-1-11-19(20,17(25)13-3-7-15(8-4-13)23(27)28)18(26)14-5-9-16(10-6-14)24(29)30/h3-10H,1-2,11-12,21-22H2. The van der Waals surface area contributed by atoms with Gasteiger partial charge in [0.05, 0.1) is 15.5 Å². The molecule has 0 amide bonds. The van der Waals surface area contributed by atoms with Crippen LogP contribution in [-0.2, 0) is 0 Å². The van der Waals surface area contributed by atoms with Gasteiger partial charge in [0.25, 0.3) is 11.4 Å². The Balaban J connectivity index is 2.09. The molecule has 1 fully saturated rings. The average molecular weight is 412 g/mol. The highest BCUT2D eigenvalue weighted by molar-refractivity contribution is 6.21. The van der Waals surface area contributed by atoms with Crippen molar-refractivity contribution in [1.82, 2.24) is 0 Å². The van der Waals surface area contributed by atoms with Gasteiger partial charge in [-0.1, -0.05) is 12.8 Å². The SMILES string of the molecule is NC1(N)CCCCC1(C(=O)c1ccc([N+](=O)[O-])cc1)C(=O)c1ccc([N+](=O)[O-])cc1. The molecule has 1 saturated carbocycles. The van der Waals surface area contributed by atoms with E-state index in [1.165, 1.54) is 48.5 Å². The highest BCUT2D eigenvalue weighted by atomic mass is 16.6. The van der Waals surface area contributed by atoms with Crippen LogP contribution in [0.1, 0.15) is 46.4 Å². The Kier molecular flexibility index (Phi) is 5.47. The molecular formula is C20H20N4O6. The van der Waals surface area contributed by atoms with Gasteiger partial charge in [0, 0.05) is 35.4 Å². The van der Waals surface area contributed by atoms with Gasteiger partial charge in [-0.15, -0.1) is 0 Å². The molecule has 1 aliphatic carbocycles. The van der Waals surface area contributed by atoms with Gasteiger partial charge in [0.15, 0.2) is 11.6 Å². The lowest BCUT2D eigenvalue weighted by Gasteiger charge is -2.47. The Morgan fingerprint density at radius 3 is 1.43 bits per heavy atom. The first kappa shape index (κ1) is 21.2. The molecule has 3 rings (SSSR count). The van der Waals surface area contributed by atoms with Crippen molar-refractivity contribution in [3.05, 3.63) is 79.9 Å². The highest BCUT2D eigenvalue weighted by Gasteiger charge is 2.58. The third-order valence-electron chi connectivity index (χ3n) is 5.64. The zero-order chi connectivity index (χ0) is 22.1. The lowest BCUT2D eigenvalue weighted by atomic mass is 9.59. The summed E-state index contributed by atoms with van der Waals surface area (Å²) in [5, 5.41) is 21.8. The second-order valence-electron chi connectivity index (χ2n) is 7.42. The number of nitro benzene ring substituents is 2. The number of hydrogen-bond donors (Lipinski definition) is 2. The van der Waals surface area contributed by atoms with Crippen molar-refractivity contribution in [3.63, 3.8) is 0 Å². The number of carbonyl (C=O) groups is 2. The number of Topliss-reactive ketones (excluding diaryl/α,β-unsaturated/α-hetero) is 2. The molecule has 0 unspecified atom stereocenters. The van der Waals surface area contributed by atoms with Gasteiger partial charge in [-0.25, -0.2) is 0 Å². The minimum Gasteiger partial charge on any atom is -0.312 e. The first-order chi connectivity index (χ1) is 14.1. The molecule has 10 nitrogen and oxygen atoms in total. The fourth-order valence-corrected chi connectivity index (χ4v) is 3.97. The molecule has 0 saturated heterocycles. The van der Waals surface area contributed by atoms with Crippen LogP contribution < -0.4 is 11.5 Å². The molecule has 0 bridgehead atoms. The number of hydrogen-bond acceptors (Lipinski definition) is 8. The summed E-state index contributed by atoms with van der Waals surface area (Å²) in [6, 6.07) is 9.80. The van der Waals surface area contributed by atoms with Crippen LogP contribution in [-0.4, -0.2) is 27.1 Å². The van der Waals surface area contributed by atoms with Gasteiger partial charge in [0.2, 0.25) is 0 Å². The molecule has 0 radical (unpaired) electrons. The lowest BCUT2D eigenvalue weighted by Crippen LogP contribution is -2.70. The topological polar surface area (TPSA) is 172 Å². The summed E-state index contributed by atoms with van der Waals surface area (Å²) in [4.78, 5) is 47.7. The van der Waals surface area contributed by atoms with Crippen LogP contribution >= 0.6 is 0 Å². The largest absolute Gasteiger partial charge is 0.312 e. The van der Waals surface area contributed by atoms with E-state index in [-0.39, 0.29) is 35.3 Å². The van der Waals surface area contributed by atoms with Crippen molar-refractivity contribution in [3.8, 4) is 0 Å². The average Bonchev–Trinajstić information content (AvgIpc) is 2.73. The van der Waals surface area contributed by atoms with Crippen LogP contribution in [0.3, 0.4) is 0 Å². The van der Waals surface area contributed by atoms with Crippen molar-refractivity contribution < 1.29 is 19.4 Å². The van der Waals surface area contributed by atoms with E-state index >= 15 is 0 Å². The zero-order valence-corrected chi connectivity index (χ0v) is 15.9. The highest BCUT2D eigenvalue weighted by Crippen LogP contribution is 2.45. The predicted molar refractivity (Wildman–Crippen MR) is 107 cm³/mol. The monoisotopic (exact) mass is 412 g/mol. The molecule has 1 aliphatic rings. The molecule has 0 aromatic heterocycles. The number of nitrogens with zero attached hydrogens (tertiary/aromatic N) is 2. The van der Waals surface area contributed by atoms with E-state index < -0.39 is 32.5 Å². The fourth-order valence-electron chi connectivity index (χ4n) is 3.97. The van der Waals surface area contributed by atoms with Crippen molar-refractivity contribution in [1.29, 1.82) is 0 Å². The second kappa shape index (κ2) is 7.73. The van der Waals surface area contributed by atoms with Gasteiger partial charge in [-0.05, 0) is 37.1 Å². The summed E-state index contributed by atoms with van der Waals surface area (Å²) in [6.07, 6.45) is 1.50. The van der Waals surface area contributed by atoms with E-state index in [1.807, 2.05) is 0 Å². The fraction of sp³-hybridized carbons (Fsp3) is 0.300. The van der Waals surface area contributed by atoms with Crippen molar-refractivity contribution in [2.75, 3.05) is 0 Å². The molecule has 0 spiro atoms. The van der Waals surface area contributed by atoms with Crippen molar-refractivity contribution in [2.24, 2.45) is 16.9 Å². The summed E-state index contributed by atoms with van der Waals surface area (Å²) in [5.41, 5.74) is 8.94. The normalized spacial score (nSPS) is 17.1. The van der Waals surface area contributed by atoms with E-state index in [0.717, 1.165) is 0 Å². The number of benzene rings is 2. The van der Waals surface area contributed by atoms with Crippen molar-refractivity contribution >= 4 is 22.9 Å². The number of rotatable bonds is 6. The van der Waals surface area contributed by atoms with Crippen LogP contribution in [0, 0.1) is 25.6 Å². The minimum atomic E-state index is -1.79. The Labute approximate surface area is 171 Å². The Morgan fingerprint density at radius 2 is 1.10 bits per heavy atom. The molecule has 0 aliphatic heterocycles. The molecule has 10 heteroatoms. The van der Waals surface area contributed by atoms with Crippen molar-refractivity contribution in [2.45, 2.75) is 31.3 Å². The number of nitro groups is 2.